The Morgan fingerprint density at radius 3 is 2.89 bits per heavy atom. The Kier molecular flexibility index (Phi) is 3.96. The summed E-state index contributed by atoms with van der Waals surface area (Å²) in [7, 11) is 0. The summed E-state index contributed by atoms with van der Waals surface area (Å²) >= 11 is 0. The first kappa shape index (κ1) is 13.3. The Balaban J connectivity index is 2.08. The lowest BCUT2D eigenvalue weighted by atomic mass is 10.3. The highest BCUT2D eigenvalue weighted by molar-refractivity contribution is 5.69. The monoisotopic (exact) mass is 265 g/mol. The average molecular weight is 265 g/mol. The van der Waals surface area contributed by atoms with Gasteiger partial charge in [0.25, 0.3) is 5.89 Å². The molecule has 0 saturated carbocycles. The third-order valence-corrected chi connectivity index (χ3v) is 2.61. The van der Waals surface area contributed by atoms with Crippen LogP contribution in [0, 0.1) is 0 Å². The van der Waals surface area contributed by atoms with E-state index >= 15 is 0 Å². The Morgan fingerprint density at radius 1 is 1.53 bits per heavy atom. The number of carboxylic acids is 1. The lowest BCUT2D eigenvalue weighted by Gasteiger charge is -2.22. The molecule has 7 heteroatoms. The summed E-state index contributed by atoms with van der Waals surface area (Å²) in [4.78, 5) is 16.7. The summed E-state index contributed by atoms with van der Waals surface area (Å²) in [5.74, 6) is 0.330. The van der Waals surface area contributed by atoms with Crippen molar-refractivity contribution >= 4 is 5.97 Å². The van der Waals surface area contributed by atoms with Gasteiger partial charge in [-0.15, -0.1) is 0 Å². The van der Waals surface area contributed by atoms with Gasteiger partial charge in [0.1, 0.15) is 0 Å². The fourth-order valence-corrected chi connectivity index (χ4v) is 1.59. The maximum Gasteiger partial charge on any atom is 0.317 e. The highest BCUT2D eigenvalue weighted by Gasteiger charge is 2.18. The topological polar surface area (TPSA) is 92.6 Å². The summed E-state index contributed by atoms with van der Waals surface area (Å²) in [6, 6.07) is 3.51. The summed E-state index contributed by atoms with van der Waals surface area (Å²) in [5, 5.41) is 12.7. The maximum atomic E-state index is 10.8. The largest absolute Gasteiger partial charge is 0.480 e. The van der Waals surface area contributed by atoms with Gasteiger partial charge >= 0.3 is 5.97 Å². The summed E-state index contributed by atoms with van der Waals surface area (Å²) in [5.41, 5.74) is 0. The number of nitrogens with zero attached hydrogens (tertiary/aromatic N) is 3. The first-order valence-electron chi connectivity index (χ1n) is 5.88. The van der Waals surface area contributed by atoms with E-state index in [9.17, 15) is 4.79 Å². The number of carboxylic acid groups (broad SMARTS) is 1. The lowest BCUT2D eigenvalue weighted by molar-refractivity contribution is -0.139. The van der Waals surface area contributed by atoms with E-state index < -0.39 is 5.97 Å². The lowest BCUT2D eigenvalue weighted by Crippen LogP contribution is -2.35. The number of rotatable bonds is 6. The Hall–Kier alpha value is -2.15. The van der Waals surface area contributed by atoms with Gasteiger partial charge in [-0.25, -0.2) is 0 Å². The molecule has 0 atom stereocenters. The van der Waals surface area contributed by atoms with Crippen molar-refractivity contribution < 1.29 is 18.8 Å². The molecule has 19 heavy (non-hydrogen) atoms. The van der Waals surface area contributed by atoms with Crippen LogP contribution in [0.1, 0.15) is 19.7 Å². The van der Waals surface area contributed by atoms with Crippen LogP contribution in [-0.2, 0) is 11.3 Å². The van der Waals surface area contributed by atoms with Crippen LogP contribution in [0.3, 0.4) is 0 Å². The summed E-state index contributed by atoms with van der Waals surface area (Å²) in [6.07, 6.45) is 1.52. The molecular weight excluding hydrogens is 250 g/mol. The molecule has 0 saturated heterocycles. The van der Waals surface area contributed by atoms with Crippen LogP contribution in [0.5, 0.6) is 0 Å². The van der Waals surface area contributed by atoms with E-state index in [0.29, 0.717) is 24.0 Å². The van der Waals surface area contributed by atoms with Crippen molar-refractivity contribution in [1.82, 2.24) is 15.0 Å². The number of hydrogen-bond acceptors (Lipinski definition) is 6. The molecule has 0 aliphatic carbocycles. The highest BCUT2D eigenvalue weighted by Crippen LogP contribution is 2.17. The zero-order valence-corrected chi connectivity index (χ0v) is 10.7. The molecule has 0 unspecified atom stereocenters. The number of carbonyl (C=O) groups is 1. The molecule has 0 radical (unpaired) electrons. The van der Waals surface area contributed by atoms with E-state index in [1.807, 2.05) is 13.8 Å². The maximum absolute atomic E-state index is 10.8. The van der Waals surface area contributed by atoms with Crippen LogP contribution < -0.4 is 0 Å². The van der Waals surface area contributed by atoms with E-state index in [1.165, 1.54) is 6.26 Å². The third-order valence-electron chi connectivity index (χ3n) is 2.61. The highest BCUT2D eigenvalue weighted by atomic mass is 16.5. The number of aliphatic carboxylic acids is 1. The first-order valence-corrected chi connectivity index (χ1v) is 5.88. The zero-order valence-electron chi connectivity index (χ0n) is 10.7. The molecule has 2 rings (SSSR count). The van der Waals surface area contributed by atoms with Gasteiger partial charge in [-0.2, -0.15) is 4.98 Å². The predicted octanol–water partition coefficient (Wildman–Crippen LogP) is 1.62. The summed E-state index contributed by atoms with van der Waals surface area (Å²) < 4.78 is 10.2. The second-order valence-corrected chi connectivity index (χ2v) is 4.39. The van der Waals surface area contributed by atoms with Crippen molar-refractivity contribution in [1.29, 1.82) is 0 Å². The molecule has 2 heterocycles. The molecule has 0 amide bonds. The minimum atomic E-state index is -0.886. The Morgan fingerprint density at radius 2 is 2.32 bits per heavy atom. The van der Waals surface area contributed by atoms with E-state index in [0.717, 1.165) is 0 Å². The van der Waals surface area contributed by atoms with Gasteiger partial charge in [0.2, 0.25) is 0 Å². The van der Waals surface area contributed by atoms with E-state index in [4.69, 9.17) is 14.0 Å². The fraction of sp³-hybridized carbons (Fsp3) is 0.417. The molecule has 0 aromatic carbocycles. The van der Waals surface area contributed by atoms with Crippen molar-refractivity contribution in [3.8, 4) is 11.7 Å². The average Bonchev–Trinajstić information content (AvgIpc) is 2.97. The minimum Gasteiger partial charge on any atom is -0.480 e. The van der Waals surface area contributed by atoms with Gasteiger partial charge in [0.05, 0.1) is 19.4 Å². The molecule has 0 aliphatic rings. The van der Waals surface area contributed by atoms with Gasteiger partial charge in [-0.05, 0) is 26.0 Å². The molecule has 0 fully saturated rings. The van der Waals surface area contributed by atoms with Gasteiger partial charge < -0.3 is 14.0 Å². The summed E-state index contributed by atoms with van der Waals surface area (Å²) in [6.45, 7) is 4.07. The molecule has 0 bridgehead atoms. The van der Waals surface area contributed by atoms with Crippen molar-refractivity contribution in [2.45, 2.75) is 26.4 Å². The van der Waals surface area contributed by atoms with Crippen molar-refractivity contribution in [2.24, 2.45) is 0 Å². The molecule has 2 aromatic rings. The van der Waals surface area contributed by atoms with Crippen molar-refractivity contribution in [3.05, 3.63) is 24.2 Å². The van der Waals surface area contributed by atoms with Crippen LogP contribution in [-0.4, -0.2) is 38.7 Å². The van der Waals surface area contributed by atoms with Crippen LogP contribution in [0.25, 0.3) is 11.7 Å². The quantitative estimate of drug-likeness (QED) is 0.848. The van der Waals surface area contributed by atoms with Gasteiger partial charge in [-0.3, -0.25) is 9.69 Å². The fourth-order valence-electron chi connectivity index (χ4n) is 1.59. The van der Waals surface area contributed by atoms with Crippen LogP contribution in [0.15, 0.2) is 27.3 Å². The molecule has 0 spiro atoms. The molecule has 1 N–H and O–H groups in total. The smallest absolute Gasteiger partial charge is 0.317 e. The van der Waals surface area contributed by atoms with Gasteiger partial charge in [0.15, 0.2) is 11.6 Å². The van der Waals surface area contributed by atoms with Crippen LogP contribution in [0.4, 0.5) is 0 Å². The van der Waals surface area contributed by atoms with Crippen LogP contribution in [0.2, 0.25) is 0 Å². The van der Waals surface area contributed by atoms with E-state index in [2.05, 4.69) is 10.1 Å². The molecule has 7 nitrogen and oxygen atoms in total. The molecule has 102 valence electrons. The molecular formula is C12H15N3O4. The van der Waals surface area contributed by atoms with Gasteiger partial charge in [-0.1, -0.05) is 5.16 Å². The normalized spacial score (nSPS) is 11.4. The van der Waals surface area contributed by atoms with E-state index in [1.54, 1.807) is 17.0 Å². The minimum absolute atomic E-state index is 0.0672. The predicted molar refractivity (Wildman–Crippen MR) is 65.2 cm³/mol. The Bertz CT molecular complexity index is 533. The number of furan rings is 1. The van der Waals surface area contributed by atoms with Crippen molar-refractivity contribution in [2.75, 3.05) is 6.54 Å². The van der Waals surface area contributed by atoms with Crippen LogP contribution >= 0.6 is 0 Å². The third kappa shape index (κ3) is 3.41. The number of hydrogen-bond donors (Lipinski definition) is 1. The van der Waals surface area contributed by atoms with E-state index in [-0.39, 0.29) is 12.6 Å². The van der Waals surface area contributed by atoms with Crippen molar-refractivity contribution in [3.63, 3.8) is 0 Å². The molecule has 0 aliphatic heterocycles. The number of aromatic nitrogens is 2. The zero-order chi connectivity index (χ0) is 13.8. The molecule has 2 aromatic heterocycles. The second-order valence-electron chi connectivity index (χ2n) is 4.39. The van der Waals surface area contributed by atoms with Gasteiger partial charge in [0, 0.05) is 6.04 Å². The second kappa shape index (κ2) is 5.66. The SMILES string of the molecule is CC(C)N(CC(=O)O)Cc1noc(-c2ccco2)n1. The Labute approximate surface area is 109 Å². The standard InChI is InChI=1S/C12H15N3O4/c1-8(2)15(7-11(16)17)6-10-13-12(19-14-10)9-4-3-5-18-9/h3-5,8H,6-7H2,1-2H3,(H,16,17). The first-order chi connectivity index (χ1) is 9.06.